The molecule has 0 fully saturated rings. The number of rotatable bonds is 6. The third-order valence-electron chi connectivity index (χ3n) is 3.28. The lowest BCUT2D eigenvalue weighted by Gasteiger charge is -2.23. The first kappa shape index (κ1) is 15.3. The van der Waals surface area contributed by atoms with E-state index in [-0.39, 0.29) is 18.6 Å². The van der Waals surface area contributed by atoms with Crippen LogP contribution in [-0.4, -0.2) is 35.7 Å². The van der Waals surface area contributed by atoms with Crippen molar-refractivity contribution >= 4 is 5.97 Å². The average molecular weight is 288 g/mol. The van der Waals surface area contributed by atoms with Crippen molar-refractivity contribution in [3.63, 3.8) is 0 Å². The fourth-order valence-corrected chi connectivity index (χ4v) is 1.98. The molecule has 112 valence electrons. The fraction of sp³-hybridized carbons (Fsp3) is 0.375. The maximum atomic E-state index is 11.4. The molecule has 1 aromatic carbocycles. The maximum Gasteiger partial charge on any atom is 0.319 e. The van der Waals surface area contributed by atoms with Crippen molar-refractivity contribution in [2.24, 2.45) is 0 Å². The van der Waals surface area contributed by atoms with Gasteiger partial charge in [0.15, 0.2) is 5.76 Å². The van der Waals surface area contributed by atoms with Crippen LogP contribution in [0.15, 0.2) is 40.9 Å². The molecule has 0 aliphatic heterocycles. The normalized spacial score (nSPS) is 11.1. The zero-order valence-corrected chi connectivity index (χ0v) is 12.6. The summed E-state index contributed by atoms with van der Waals surface area (Å²) in [7, 11) is 1.39. The molecule has 0 atom stereocenters. The second kappa shape index (κ2) is 7.04. The lowest BCUT2D eigenvalue weighted by atomic mass is 10.1. The van der Waals surface area contributed by atoms with Crippen LogP contribution in [0.1, 0.15) is 19.6 Å². The minimum absolute atomic E-state index is 0.203. The molecule has 2 rings (SSSR count). The highest BCUT2D eigenvalue weighted by atomic mass is 16.5. The molecule has 1 heterocycles. The molecule has 2 aromatic rings. The smallest absolute Gasteiger partial charge is 0.319 e. The third kappa shape index (κ3) is 4.16. The van der Waals surface area contributed by atoms with Crippen molar-refractivity contribution in [2.75, 3.05) is 13.7 Å². The van der Waals surface area contributed by atoms with Gasteiger partial charge in [0.1, 0.15) is 5.69 Å². The first-order valence-electron chi connectivity index (χ1n) is 6.92. The lowest BCUT2D eigenvalue weighted by molar-refractivity contribution is -0.142. The maximum absolute atomic E-state index is 11.4. The van der Waals surface area contributed by atoms with E-state index >= 15 is 0 Å². The average Bonchev–Trinajstić information content (AvgIpc) is 2.95. The Balaban J connectivity index is 2.08. The molecule has 0 amide bonds. The summed E-state index contributed by atoms with van der Waals surface area (Å²) in [6.45, 7) is 4.80. The summed E-state index contributed by atoms with van der Waals surface area (Å²) in [6, 6.07) is 12.0. The molecule has 0 bridgehead atoms. The molecular formula is C16H20N2O3. The van der Waals surface area contributed by atoms with Gasteiger partial charge in [-0.25, -0.2) is 0 Å². The van der Waals surface area contributed by atoms with Gasteiger partial charge in [0.25, 0.3) is 0 Å². The van der Waals surface area contributed by atoms with Gasteiger partial charge < -0.3 is 9.26 Å². The van der Waals surface area contributed by atoms with Gasteiger partial charge in [-0.3, -0.25) is 9.69 Å². The largest absolute Gasteiger partial charge is 0.468 e. The van der Waals surface area contributed by atoms with Crippen molar-refractivity contribution in [1.29, 1.82) is 0 Å². The van der Waals surface area contributed by atoms with Gasteiger partial charge in [0, 0.05) is 17.7 Å². The molecular weight excluding hydrogens is 268 g/mol. The number of hydrogen-bond donors (Lipinski definition) is 0. The summed E-state index contributed by atoms with van der Waals surface area (Å²) in [5, 5.41) is 4.08. The van der Waals surface area contributed by atoms with Crippen LogP contribution < -0.4 is 0 Å². The fourth-order valence-electron chi connectivity index (χ4n) is 1.98. The summed E-state index contributed by atoms with van der Waals surface area (Å²) in [6.07, 6.45) is 0. The summed E-state index contributed by atoms with van der Waals surface area (Å²) in [4.78, 5) is 13.4. The van der Waals surface area contributed by atoms with Gasteiger partial charge in [0.05, 0.1) is 20.2 Å². The van der Waals surface area contributed by atoms with Gasteiger partial charge in [-0.1, -0.05) is 35.5 Å². The minimum Gasteiger partial charge on any atom is -0.468 e. The number of esters is 1. The highest BCUT2D eigenvalue weighted by molar-refractivity contribution is 5.71. The number of hydrogen-bond acceptors (Lipinski definition) is 5. The van der Waals surface area contributed by atoms with E-state index in [0.717, 1.165) is 17.0 Å². The predicted octanol–water partition coefficient (Wildman–Crippen LogP) is 2.73. The van der Waals surface area contributed by atoms with Crippen LogP contribution in [0.5, 0.6) is 0 Å². The summed E-state index contributed by atoms with van der Waals surface area (Å²) in [5.41, 5.74) is 1.81. The van der Waals surface area contributed by atoms with E-state index in [4.69, 9.17) is 9.26 Å². The van der Waals surface area contributed by atoms with Crippen molar-refractivity contribution in [2.45, 2.75) is 26.4 Å². The zero-order chi connectivity index (χ0) is 15.2. The Morgan fingerprint density at radius 2 is 2.05 bits per heavy atom. The van der Waals surface area contributed by atoms with Crippen LogP contribution in [0.25, 0.3) is 11.3 Å². The first-order chi connectivity index (χ1) is 10.1. The first-order valence-corrected chi connectivity index (χ1v) is 6.92. The van der Waals surface area contributed by atoms with Gasteiger partial charge in [-0.15, -0.1) is 0 Å². The number of benzene rings is 1. The van der Waals surface area contributed by atoms with E-state index in [0.29, 0.717) is 6.54 Å². The predicted molar refractivity (Wildman–Crippen MR) is 79.5 cm³/mol. The van der Waals surface area contributed by atoms with Crippen LogP contribution >= 0.6 is 0 Å². The van der Waals surface area contributed by atoms with E-state index < -0.39 is 0 Å². The van der Waals surface area contributed by atoms with Crippen LogP contribution in [0.3, 0.4) is 0 Å². The molecule has 5 nitrogen and oxygen atoms in total. The van der Waals surface area contributed by atoms with Gasteiger partial charge >= 0.3 is 5.97 Å². The quantitative estimate of drug-likeness (QED) is 0.765. The molecule has 0 unspecified atom stereocenters. The van der Waals surface area contributed by atoms with E-state index in [9.17, 15) is 4.79 Å². The number of carbonyl (C=O) groups is 1. The molecule has 0 radical (unpaired) electrons. The topological polar surface area (TPSA) is 55.6 Å². The minimum atomic E-state index is -0.258. The van der Waals surface area contributed by atoms with Crippen LogP contribution in [0.4, 0.5) is 0 Å². The Hall–Kier alpha value is -2.14. The highest BCUT2D eigenvalue weighted by Crippen LogP contribution is 2.19. The molecule has 0 N–H and O–H groups in total. The SMILES string of the molecule is COC(=O)CN(Cc1cc(-c2ccccc2)no1)C(C)C. The number of nitrogens with zero attached hydrogens (tertiary/aromatic N) is 2. The Morgan fingerprint density at radius 1 is 1.33 bits per heavy atom. The van der Waals surface area contributed by atoms with E-state index in [2.05, 4.69) is 5.16 Å². The summed E-state index contributed by atoms with van der Waals surface area (Å²) >= 11 is 0. The van der Waals surface area contributed by atoms with Gasteiger partial charge in [0.2, 0.25) is 0 Å². The number of aromatic nitrogens is 1. The van der Waals surface area contributed by atoms with Crippen LogP contribution in [0.2, 0.25) is 0 Å². The van der Waals surface area contributed by atoms with Crippen molar-refractivity contribution in [1.82, 2.24) is 10.1 Å². The molecule has 1 aromatic heterocycles. The summed E-state index contributed by atoms with van der Waals surface area (Å²) < 4.78 is 10.1. The van der Waals surface area contributed by atoms with Gasteiger partial charge in [-0.05, 0) is 13.8 Å². The van der Waals surface area contributed by atoms with E-state index in [1.807, 2.05) is 55.1 Å². The molecule has 0 saturated carbocycles. The molecule has 0 spiro atoms. The summed E-state index contributed by atoms with van der Waals surface area (Å²) in [5.74, 6) is 0.470. The van der Waals surface area contributed by atoms with Crippen molar-refractivity contribution in [3.8, 4) is 11.3 Å². The Kier molecular flexibility index (Phi) is 5.11. The van der Waals surface area contributed by atoms with Crippen molar-refractivity contribution in [3.05, 3.63) is 42.2 Å². The Bertz CT molecular complexity index is 578. The molecule has 5 heteroatoms. The van der Waals surface area contributed by atoms with Crippen LogP contribution in [0, 0.1) is 0 Å². The molecule has 21 heavy (non-hydrogen) atoms. The molecule has 0 saturated heterocycles. The molecule has 0 aliphatic carbocycles. The van der Waals surface area contributed by atoms with Gasteiger partial charge in [-0.2, -0.15) is 0 Å². The molecule has 0 aliphatic rings. The number of carbonyl (C=O) groups excluding carboxylic acids is 1. The Labute approximate surface area is 124 Å². The van der Waals surface area contributed by atoms with E-state index in [1.54, 1.807) is 0 Å². The Morgan fingerprint density at radius 3 is 2.67 bits per heavy atom. The number of ether oxygens (including phenoxy) is 1. The second-order valence-corrected chi connectivity index (χ2v) is 5.12. The van der Waals surface area contributed by atoms with Crippen molar-refractivity contribution < 1.29 is 14.1 Å². The van der Waals surface area contributed by atoms with Crippen LogP contribution in [-0.2, 0) is 16.1 Å². The lowest BCUT2D eigenvalue weighted by Crippen LogP contribution is -2.35. The standard InChI is InChI=1S/C16H20N2O3/c1-12(2)18(11-16(19)20-3)10-14-9-15(17-21-14)13-7-5-4-6-8-13/h4-9,12H,10-11H2,1-3H3. The third-order valence-corrected chi connectivity index (χ3v) is 3.28. The monoisotopic (exact) mass is 288 g/mol. The highest BCUT2D eigenvalue weighted by Gasteiger charge is 2.17. The van der Waals surface area contributed by atoms with E-state index in [1.165, 1.54) is 7.11 Å². The number of methoxy groups -OCH3 is 1. The second-order valence-electron chi connectivity index (χ2n) is 5.12. The zero-order valence-electron chi connectivity index (χ0n) is 12.6.